The van der Waals surface area contributed by atoms with Gasteiger partial charge in [0.15, 0.2) is 5.69 Å². The van der Waals surface area contributed by atoms with Crippen molar-refractivity contribution in [1.82, 2.24) is 20.4 Å². The molecule has 7 heteroatoms. The molecule has 1 aromatic rings. The number of carbonyl (C=O) groups is 1. The Labute approximate surface area is 111 Å². The van der Waals surface area contributed by atoms with E-state index in [1.807, 2.05) is 0 Å². The first-order chi connectivity index (χ1) is 9.16. The zero-order chi connectivity index (χ0) is 13.7. The van der Waals surface area contributed by atoms with E-state index in [2.05, 4.69) is 15.5 Å². The molecule has 1 saturated heterocycles. The van der Waals surface area contributed by atoms with Gasteiger partial charge in [-0.05, 0) is 6.07 Å². The predicted molar refractivity (Wildman–Crippen MR) is 68.2 cm³/mol. The minimum atomic E-state index is -0.182. The van der Waals surface area contributed by atoms with Crippen molar-refractivity contribution in [3.63, 3.8) is 0 Å². The summed E-state index contributed by atoms with van der Waals surface area (Å²) in [6.07, 6.45) is 0.0265. The van der Waals surface area contributed by atoms with Gasteiger partial charge in [-0.25, -0.2) is 0 Å². The number of aromatic nitrogens is 2. The number of morpholine rings is 1. The van der Waals surface area contributed by atoms with Gasteiger partial charge in [-0.15, -0.1) is 10.2 Å². The molecule has 1 fully saturated rings. The normalized spacial score (nSPS) is 18.9. The lowest BCUT2D eigenvalue weighted by atomic mass is 10.3. The first-order valence-corrected chi connectivity index (χ1v) is 6.17. The quantitative estimate of drug-likeness (QED) is 0.795. The second kappa shape index (κ2) is 6.44. The molecule has 0 bridgehead atoms. The number of nitrogens with zero attached hydrogens (tertiary/aromatic N) is 3. The second-order valence-corrected chi connectivity index (χ2v) is 4.46. The maximum Gasteiger partial charge on any atom is 0.273 e. The highest BCUT2D eigenvalue weighted by atomic mass is 16.5. The van der Waals surface area contributed by atoms with Gasteiger partial charge in [0.1, 0.15) is 12.7 Å². The summed E-state index contributed by atoms with van der Waals surface area (Å²) >= 11 is 0. The largest absolute Gasteiger partial charge is 0.474 e. The molecule has 0 aromatic carbocycles. The van der Waals surface area contributed by atoms with Gasteiger partial charge >= 0.3 is 0 Å². The monoisotopic (exact) mass is 266 g/mol. The van der Waals surface area contributed by atoms with Crippen LogP contribution in [0, 0.1) is 0 Å². The molecule has 2 heterocycles. The van der Waals surface area contributed by atoms with Crippen molar-refractivity contribution in [3.05, 3.63) is 17.8 Å². The number of ether oxygens (including phenoxy) is 2. The standard InChI is InChI=1S/C12H18N4O3/c1-16(2)12(17)10-3-4-11(15-14-10)19-8-9-7-13-5-6-18-9/h3-4,9,13H,5-8H2,1-2H3. The highest BCUT2D eigenvalue weighted by Gasteiger charge is 2.15. The average molecular weight is 266 g/mol. The van der Waals surface area contributed by atoms with E-state index >= 15 is 0 Å². The zero-order valence-corrected chi connectivity index (χ0v) is 11.1. The lowest BCUT2D eigenvalue weighted by molar-refractivity contribution is -0.000948. The van der Waals surface area contributed by atoms with Gasteiger partial charge < -0.3 is 19.7 Å². The van der Waals surface area contributed by atoms with Crippen LogP contribution in [-0.2, 0) is 4.74 Å². The molecule has 19 heavy (non-hydrogen) atoms. The molecule has 0 spiro atoms. The van der Waals surface area contributed by atoms with Crippen molar-refractivity contribution >= 4 is 5.91 Å². The van der Waals surface area contributed by atoms with Crippen molar-refractivity contribution in [2.75, 3.05) is 40.4 Å². The minimum absolute atomic E-state index is 0.0265. The third-order valence-electron chi connectivity index (χ3n) is 2.69. The Balaban J connectivity index is 1.86. The summed E-state index contributed by atoms with van der Waals surface area (Å²) < 4.78 is 11.0. The highest BCUT2D eigenvalue weighted by molar-refractivity contribution is 5.91. The topological polar surface area (TPSA) is 76.6 Å². The van der Waals surface area contributed by atoms with Crippen LogP contribution in [0.3, 0.4) is 0 Å². The van der Waals surface area contributed by atoms with Crippen molar-refractivity contribution in [2.24, 2.45) is 0 Å². The van der Waals surface area contributed by atoms with Gasteiger partial charge in [-0.1, -0.05) is 0 Å². The molecular formula is C12H18N4O3. The van der Waals surface area contributed by atoms with E-state index in [4.69, 9.17) is 9.47 Å². The first-order valence-electron chi connectivity index (χ1n) is 6.17. The summed E-state index contributed by atoms with van der Waals surface area (Å²) in [5.41, 5.74) is 0.299. The number of nitrogens with one attached hydrogen (secondary N) is 1. The summed E-state index contributed by atoms with van der Waals surface area (Å²) in [6.45, 7) is 2.75. The van der Waals surface area contributed by atoms with E-state index in [-0.39, 0.29) is 12.0 Å². The fraction of sp³-hybridized carbons (Fsp3) is 0.583. The Hall–Kier alpha value is -1.73. The van der Waals surface area contributed by atoms with E-state index in [0.717, 1.165) is 13.1 Å². The van der Waals surface area contributed by atoms with Crippen LogP contribution in [0.1, 0.15) is 10.5 Å². The molecule has 1 N–H and O–H groups in total. The number of amides is 1. The van der Waals surface area contributed by atoms with E-state index in [1.165, 1.54) is 4.90 Å². The molecule has 0 radical (unpaired) electrons. The minimum Gasteiger partial charge on any atom is -0.474 e. The van der Waals surface area contributed by atoms with Crippen LogP contribution in [0.15, 0.2) is 12.1 Å². The summed E-state index contributed by atoms with van der Waals surface area (Å²) in [7, 11) is 3.34. The fourth-order valence-electron chi connectivity index (χ4n) is 1.65. The van der Waals surface area contributed by atoms with Crippen LogP contribution >= 0.6 is 0 Å². The van der Waals surface area contributed by atoms with Gasteiger partial charge in [0, 0.05) is 33.3 Å². The summed E-state index contributed by atoms with van der Waals surface area (Å²) in [5, 5.41) is 10.9. The molecule has 0 saturated carbocycles. The Morgan fingerprint density at radius 2 is 2.37 bits per heavy atom. The van der Waals surface area contributed by atoms with Gasteiger partial charge in [-0.2, -0.15) is 0 Å². The third kappa shape index (κ3) is 3.87. The SMILES string of the molecule is CN(C)C(=O)c1ccc(OCC2CNCCO2)nn1. The maximum absolute atomic E-state index is 11.6. The van der Waals surface area contributed by atoms with E-state index < -0.39 is 0 Å². The van der Waals surface area contributed by atoms with Crippen molar-refractivity contribution in [1.29, 1.82) is 0 Å². The second-order valence-electron chi connectivity index (χ2n) is 4.46. The summed E-state index contributed by atoms with van der Waals surface area (Å²) in [6, 6.07) is 3.24. The van der Waals surface area contributed by atoms with Crippen LogP contribution < -0.4 is 10.1 Å². The van der Waals surface area contributed by atoms with Crippen LogP contribution in [-0.4, -0.2) is 67.5 Å². The Bertz CT molecular complexity index is 415. The van der Waals surface area contributed by atoms with Crippen molar-refractivity contribution in [2.45, 2.75) is 6.10 Å². The Kier molecular flexibility index (Phi) is 4.64. The maximum atomic E-state index is 11.6. The smallest absolute Gasteiger partial charge is 0.273 e. The lowest BCUT2D eigenvalue weighted by Crippen LogP contribution is -2.41. The molecular weight excluding hydrogens is 248 g/mol. The van der Waals surface area contributed by atoms with Gasteiger partial charge in [0.05, 0.1) is 6.61 Å². The van der Waals surface area contributed by atoms with Crippen molar-refractivity contribution < 1.29 is 14.3 Å². The number of rotatable bonds is 4. The molecule has 2 rings (SSSR count). The molecule has 0 aliphatic carbocycles. The van der Waals surface area contributed by atoms with E-state index in [0.29, 0.717) is 24.8 Å². The van der Waals surface area contributed by atoms with E-state index in [1.54, 1.807) is 26.2 Å². The number of carbonyl (C=O) groups excluding carboxylic acids is 1. The summed E-state index contributed by atoms with van der Waals surface area (Å²) in [5.74, 6) is 0.211. The summed E-state index contributed by atoms with van der Waals surface area (Å²) in [4.78, 5) is 13.1. The Morgan fingerprint density at radius 1 is 1.53 bits per heavy atom. The average Bonchev–Trinajstić information content (AvgIpc) is 2.46. The lowest BCUT2D eigenvalue weighted by Gasteiger charge is -2.23. The Morgan fingerprint density at radius 3 is 2.95 bits per heavy atom. The van der Waals surface area contributed by atoms with Gasteiger partial charge in [0.25, 0.3) is 5.91 Å². The van der Waals surface area contributed by atoms with Crippen LogP contribution in [0.5, 0.6) is 5.88 Å². The molecule has 1 aromatic heterocycles. The highest BCUT2D eigenvalue weighted by Crippen LogP contribution is 2.07. The first kappa shape index (κ1) is 13.7. The molecule has 1 aliphatic heterocycles. The molecule has 1 amide bonds. The molecule has 1 aliphatic rings. The predicted octanol–water partition coefficient (Wildman–Crippen LogP) is -0.454. The molecule has 104 valence electrons. The molecule has 1 atom stereocenters. The number of hydrogen-bond donors (Lipinski definition) is 1. The fourth-order valence-corrected chi connectivity index (χ4v) is 1.65. The third-order valence-corrected chi connectivity index (χ3v) is 2.69. The van der Waals surface area contributed by atoms with Crippen LogP contribution in [0.2, 0.25) is 0 Å². The van der Waals surface area contributed by atoms with Crippen LogP contribution in [0.25, 0.3) is 0 Å². The zero-order valence-electron chi connectivity index (χ0n) is 11.1. The molecule has 7 nitrogen and oxygen atoms in total. The van der Waals surface area contributed by atoms with Crippen LogP contribution in [0.4, 0.5) is 0 Å². The van der Waals surface area contributed by atoms with E-state index in [9.17, 15) is 4.79 Å². The molecule has 1 unspecified atom stereocenters. The van der Waals surface area contributed by atoms with Gasteiger partial charge in [0.2, 0.25) is 5.88 Å². The van der Waals surface area contributed by atoms with Crippen molar-refractivity contribution in [3.8, 4) is 5.88 Å². The number of hydrogen-bond acceptors (Lipinski definition) is 6. The van der Waals surface area contributed by atoms with Gasteiger partial charge in [-0.3, -0.25) is 4.79 Å².